The van der Waals surface area contributed by atoms with E-state index in [1.54, 1.807) is 6.92 Å². The third-order valence-corrected chi connectivity index (χ3v) is 10.1. The van der Waals surface area contributed by atoms with Gasteiger partial charge in [0, 0.05) is 36.6 Å². The largest absolute Gasteiger partial charge is 0.462 e. The van der Waals surface area contributed by atoms with Crippen LogP contribution in [0.25, 0.3) is 0 Å². The molecule has 0 unspecified atom stereocenters. The fourth-order valence-corrected chi connectivity index (χ4v) is 7.70. The van der Waals surface area contributed by atoms with Gasteiger partial charge in [-0.05, 0) is 67.3 Å². The normalized spacial score (nSPS) is 15.9. The Kier molecular flexibility index (Phi) is 7.67. The molecule has 2 aliphatic rings. The summed E-state index contributed by atoms with van der Waals surface area (Å²) in [5.74, 6) is -0.841. The van der Waals surface area contributed by atoms with Gasteiger partial charge in [0.1, 0.15) is 5.00 Å². The van der Waals surface area contributed by atoms with Gasteiger partial charge in [-0.15, -0.1) is 11.3 Å². The van der Waals surface area contributed by atoms with E-state index in [-0.39, 0.29) is 11.5 Å². The molecule has 1 N–H and O–H groups in total. The zero-order valence-corrected chi connectivity index (χ0v) is 23.2. The Labute approximate surface area is 227 Å². The van der Waals surface area contributed by atoms with Crippen LogP contribution < -0.4 is 5.32 Å². The smallest absolute Gasteiger partial charge is 0.341 e. The van der Waals surface area contributed by atoms with Gasteiger partial charge in [-0.25, -0.2) is 13.2 Å². The lowest BCUT2D eigenvalue weighted by atomic mass is 10.0. The van der Waals surface area contributed by atoms with Gasteiger partial charge in [0.2, 0.25) is 10.0 Å². The van der Waals surface area contributed by atoms with Gasteiger partial charge in [0.25, 0.3) is 5.91 Å². The number of hydrogen-bond donors (Lipinski definition) is 1. The summed E-state index contributed by atoms with van der Waals surface area (Å²) in [6.07, 6.45) is 1.39. The maximum atomic E-state index is 13.3. The molecular formula is C28H31N3O5S2. The molecule has 1 amide bonds. The molecule has 0 saturated carbocycles. The van der Waals surface area contributed by atoms with Gasteiger partial charge < -0.3 is 10.1 Å². The molecule has 38 heavy (non-hydrogen) atoms. The summed E-state index contributed by atoms with van der Waals surface area (Å²) >= 11 is 1.40. The Morgan fingerprint density at radius 3 is 2.42 bits per heavy atom. The van der Waals surface area contributed by atoms with Crippen LogP contribution in [0.3, 0.4) is 0 Å². The van der Waals surface area contributed by atoms with Gasteiger partial charge in [0.15, 0.2) is 0 Å². The molecule has 8 nitrogen and oxygen atoms in total. The molecule has 2 aliphatic heterocycles. The summed E-state index contributed by atoms with van der Waals surface area (Å²) in [4.78, 5) is 29.4. The maximum Gasteiger partial charge on any atom is 0.341 e. The maximum absolute atomic E-state index is 13.3. The van der Waals surface area contributed by atoms with E-state index in [1.165, 1.54) is 45.5 Å². The van der Waals surface area contributed by atoms with Crippen molar-refractivity contribution in [2.45, 2.75) is 44.7 Å². The molecule has 0 radical (unpaired) electrons. The number of likely N-dealkylation sites (N-methyl/N-ethyl adjacent to an activating group) is 1. The minimum atomic E-state index is -3.70. The number of carbonyl (C=O) groups excluding carboxylic acids is 2. The highest BCUT2D eigenvalue weighted by molar-refractivity contribution is 7.89. The van der Waals surface area contributed by atoms with E-state index in [2.05, 4.69) is 17.1 Å². The number of nitrogens with one attached hydrogen (secondary N) is 1. The quantitative estimate of drug-likeness (QED) is 0.439. The Hall–Kier alpha value is -3.05. The molecule has 0 spiro atoms. The summed E-state index contributed by atoms with van der Waals surface area (Å²) in [5.41, 5.74) is 3.87. The second kappa shape index (κ2) is 11.0. The molecule has 0 fully saturated rings. The second-order valence-corrected chi connectivity index (χ2v) is 12.4. The van der Waals surface area contributed by atoms with E-state index >= 15 is 0 Å². The molecule has 2 aromatic carbocycles. The number of benzene rings is 2. The van der Waals surface area contributed by atoms with Crippen molar-refractivity contribution in [3.63, 3.8) is 0 Å². The van der Waals surface area contributed by atoms with E-state index in [0.717, 1.165) is 42.1 Å². The molecule has 0 aliphatic carbocycles. The van der Waals surface area contributed by atoms with Crippen LogP contribution in [0, 0.1) is 0 Å². The highest BCUT2D eigenvalue weighted by Crippen LogP contribution is 2.38. The zero-order valence-electron chi connectivity index (χ0n) is 21.5. The number of fused-ring (bicyclic) bond motifs is 2. The minimum Gasteiger partial charge on any atom is -0.462 e. The van der Waals surface area contributed by atoms with Gasteiger partial charge in [-0.1, -0.05) is 31.2 Å². The molecule has 0 bridgehead atoms. The van der Waals surface area contributed by atoms with E-state index in [9.17, 15) is 18.0 Å². The minimum absolute atomic E-state index is 0.145. The summed E-state index contributed by atoms with van der Waals surface area (Å²) < 4.78 is 33.3. The number of rotatable bonds is 7. The van der Waals surface area contributed by atoms with Crippen LogP contribution in [0.1, 0.15) is 56.1 Å². The van der Waals surface area contributed by atoms with Crippen molar-refractivity contribution in [3.05, 3.63) is 81.2 Å². The molecule has 1 aromatic heterocycles. The Morgan fingerprint density at radius 1 is 0.974 bits per heavy atom. The van der Waals surface area contributed by atoms with Gasteiger partial charge in [-0.3, -0.25) is 9.69 Å². The molecule has 3 heterocycles. The fourth-order valence-electron chi connectivity index (χ4n) is 5.01. The highest BCUT2D eigenvalue weighted by atomic mass is 32.2. The standard InChI is InChI=1S/C28H31N3O5S2/c1-3-30-15-14-23-24(18-30)37-27(25(23)28(33)36-4-2)29-26(32)20-9-11-22(12-10-20)38(34,35)31-16-13-19-7-5-6-8-21(19)17-31/h5-12H,3-4,13-18H2,1-2H3,(H,29,32). The van der Waals surface area contributed by atoms with E-state index in [4.69, 9.17) is 4.74 Å². The average molecular weight is 554 g/mol. The molecule has 3 aromatic rings. The van der Waals surface area contributed by atoms with Crippen LogP contribution in [0.2, 0.25) is 0 Å². The highest BCUT2D eigenvalue weighted by Gasteiger charge is 2.30. The molecule has 10 heteroatoms. The number of nitrogens with zero attached hydrogens (tertiary/aromatic N) is 2. The number of anilines is 1. The summed E-state index contributed by atoms with van der Waals surface area (Å²) in [6, 6.07) is 13.8. The Balaban J connectivity index is 1.35. The second-order valence-electron chi connectivity index (χ2n) is 9.38. The lowest BCUT2D eigenvalue weighted by Gasteiger charge is -2.28. The predicted molar refractivity (Wildman–Crippen MR) is 147 cm³/mol. The zero-order chi connectivity index (χ0) is 26.9. The van der Waals surface area contributed by atoms with E-state index in [1.807, 2.05) is 24.3 Å². The molecule has 0 saturated heterocycles. The van der Waals surface area contributed by atoms with E-state index < -0.39 is 21.9 Å². The van der Waals surface area contributed by atoms with Crippen LogP contribution in [0.5, 0.6) is 0 Å². The third kappa shape index (κ3) is 5.13. The first-order chi connectivity index (χ1) is 18.3. The molecule has 0 atom stereocenters. The number of carbonyl (C=O) groups is 2. The summed E-state index contributed by atoms with van der Waals surface area (Å²) in [6.45, 7) is 7.33. The van der Waals surface area contributed by atoms with Crippen molar-refractivity contribution in [1.29, 1.82) is 0 Å². The SMILES string of the molecule is CCOC(=O)c1c(NC(=O)c2ccc(S(=O)(=O)N3CCc4ccccc4C3)cc2)sc2c1CCN(CC)C2. The number of sulfonamides is 1. The van der Waals surface area contributed by atoms with Crippen molar-refractivity contribution in [2.24, 2.45) is 0 Å². The van der Waals surface area contributed by atoms with Crippen molar-refractivity contribution >= 4 is 38.2 Å². The lowest BCUT2D eigenvalue weighted by molar-refractivity contribution is 0.0526. The fraction of sp³-hybridized carbons (Fsp3) is 0.357. The van der Waals surface area contributed by atoms with Crippen LogP contribution in [-0.2, 0) is 40.7 Å². The molecule has 200 valence electrons. The number of thiophene rings is 1. The van der Waals surface area contributed by atoms with Gasteiger partial charge in [0.05, 0.1) is 17.1 Å². The summed E-state index contributed by atoms with van der Waals surface area (Å²) in [5, 5.41) is 3.36. The van der Waals surface area contributed by atoms with Crippen LogP contribution in [0.15, 0.2) is 53.4 Å². The van der Waals surface area contributed by atoms with Crippen molar-refractivity contribution in [1.82, 2.24) is 9.21 Å². The van der Waals surface area contributed by atoms with Crippen LogP contribution in [-0.4, -0.2) is 55.7 Å². The van der Waals surface area contributed by atoms with Crippen LogP contribution in [0.4, 0.5) is 5.00 Å². The number of hydrogen-bond acceptors (Lipinski definition) is 7. The van der Waals surface area contributed by atoms with Crippen molar-refractivity contribution in [3.8, 4) is 0 Å². The first-order valence-electron chi connectivity index (χ1n) is 12.8. The van der Waals surface area contributed by atoms with Crippen LogP contribution >= 0.6 is 11.3 Å². The van der Waals surface area contributed by atoms with Crippen molar-refractivity contribution < 1.29 is 22.7 Å². The predicted octanol–water partition coefficient (Wildman–Crippen LogP) is 4.30. The summed E-state index contributed by atoms with van der Waals surface area (Å²) in [7, 11) is -3.70. The monoisotopic (exact) mass is 553 g/mol. The van der Waals surface area contributed by atoms with E-state index in [0.29, 0.717) is 35.6 Å². The number of ether oxygens (including phenoxy) is 1. The van der Waals surface area contributed by atoms with Gasteiger partial charge >= 0.3 is 5.97 Å². The topological polar surface area (TPSA) is 96.0 Å². The Bertz CT molecular complexity index is 1460. The average Bonchev–Trinajstić information content (AvgIpc) is 3.29. The van der Waals surface area contributed by atoms with Crippen molar-refractivity contribution in [2.75, 3.05) is 31.6 Å². The molecular weight excluding hydrogens is 522 g/mol. The Morgan fingerprint density at radius 2 is 1.71 bits per heavy atom. The first kappa shape index (κ1) is 26.6. The number of amides is 1. The molecule has 5 rings (SSSR count). The van der Waals surface area contributed by atoms with Gasteiger partial charge in [-0.2, -0.15) is 4.31 Å². The number of esters is 1. The lowest BCUT2D eigenvalue weighted by Crippen LogP contribution is -2.35. The first-order valence-corrected chi connectivity index (χ1v) is 15.1. The third-order valence-electron chi connectivity index (χ3n) is 7.14.